The molecule has 1 rings (SSSR count). The van der Waals surface area contributed by atoms with Crippen molar-refractivity contribution in [2.75, 3.05) is 0 Å². The predicted octanol–water partition coefficient (Wildman–Crippen LogP) is 2.36. The molecule has 0 aliphatic rings. The molecule has 4 nitrogen and oxygen atoms in total. The molecule has 0 bridgehead atoms. The lowest BCUT2D eigenvalue weighted by molar-refractivity contribution is -0.131. The summed E-state index contributed by atoms with van der Waals surface area (Å²) in [5, 5.41) is 17.0. The highest BCUT2D eigenvalue weighted by molar-refractivity contribution is 6.31. The van der Waals surface area contributed by atoms with Crippen molar-refractivity contribution >= 4 is 29.4 Å². The van der Waals surface area contributed by atoms with E-state index in [1.807, 2.05) is 0 Å². The number of hydrogen-bond acceptors (Lipinski definition) is 3. The summed E-state index contributed by atoms with van der Waals surface area (Å²) in [7, 11) is 0. The topological polar surface area (TPSA) is 74.6 Å². The Morgan fingerprint density at radius 1 is 1.41 bits per heavy atom. The molecule has 0 saturated heterocycles. The van der Waals surface area contributed by atoms with Gasteiger partial charge in [0.05, 0.1) is 0 Å². The number of alkyl halides is 1. The maximum absolute atomic E-state index is 11.2. The van der Waals surface area contributed by atoms with Gasteiger partial charge in [-0.1, -0.05) is 6.07 Å². The first-order valence-electron chi connectivity index (χ1n) is 4.80. The van der Waals surface area contributed by atoms with E-state index in [1.165, 1.54) is 31.2 Å². The monoisotopic (exact) mass is 254 g/mol. The van der Waals surface area contributed by atoms with Crippen molar-refractivity contribution in [2.45, 2.75) is 12.3 Å². The Hall–Kier alpha value is -1.81. The van der Waals surface area contributed by atoms with Gasteiger partial charge in [0.1, 0.15) is 11.1 Å². The molecule has 5 heteroatoms. The number of phenols is 1. The van der Waals surface area contributed by atoms with Gasteiger partial charge in [0.15, 0.2) is 5.78 Å². The van der Waals surface area contributed by atoms with Crippen LogP contribution < -0.4 is 0 Å². The van der Waals surface area contributed by atoms with Gasteiger partial charge in [-0.15, -0.1) is 11.6 Å². The first-order valence-corrected chi connectivity index (χ1v) is 5.24. The van der Waals surface area contributed by atoms with Crippen LogP contribution in [0.4, 0.5) is 0 Å². The van der Waals surface area contributed by atoms with E-state index < -0.39 is 11.3 Å². The number of ketones is 1. The summed E-state index contributed by atoms with van der Waals surface area (Å²) in [6, 6.07) is 4.24. The summed E-state index contributed by atoms with van der Waals surface area (Å²) in [6.07, 6.45) is 2.21. The molecule has 1 unspecified atom stereocenters. The summed E-state index contributed by atoms with van der Waals surface area (Å²) < 4.78 is 0. The van der Waals surface area contributed by atoms with Gasteiger partial charge in [0.2, 0.25) is 0 Å². The summed E-state index contributed by atoms with van der Waals surface area (Å²) in [6.45, 7) is 1.34. The van der Waals surface area contributed by atoms with Gasteiger partial charge in [0.25, 0.3) is 0 Å². The molecule has 1 aromatic carbocycles. The Labute approximate surface area is 103 Å². The molecule has 0 heterocycles. The number of aromatic hydroxyl groups is 1. The summed E-state index contributed by atoms with van der Waals surface area (Å²) in [5.41, 5.74) is 0.872. The molecule has 0 saturated carbocycles. The van der Waals surface area contributed by atoms with Gasteiger partial charge in [-0.2, -0.15) is 0 Å². The molecule has 0 radical (unpaired) electrons. The summed E-state index contributed by atoms with van der Waals surface area (Å²) in [4.78, 5) is 21.6. The van der Waals surface area contributed by atoms with Crippen molar-refractivity contribution < 1.29 is 19.8 Å². The minimum absolute atomic E-state index is 0.0220. The van der Waals surface area contributed by atoms with Gasteiger partial charge < -0.3 is 10.2 Å². The Kier molecular flexibility index (Phi) is 4.29. The fraction of sp³-hybridized carbons (Fsp3) is 0.167. The normalized spacial score (nSPS) is 12.6. The van der Waals surface area contributed by atoms with Crippen LogP contribution in [-0.2, 0) is 9.59 Å². The Bertz CT molecular complexity index is 479. The molecule has 0 aliphatic heterocycles. The Morgan fingerprint density at radius 2 is 2.06 bits per heavy atom. The van der Waals surface area contributed by atoms with Gasteiger partial charge in [-0.3, -0.25) is 4.79 Å². The van der Waals surface area contributed by atoms with Crippen LogP contribution in [0.25, 0.3) is 6.08 Å². The fourth-order valence-electron chi connectivity index (χ4n) is 1.32. The molecule has 0 amide bonds. The molecule has 0 aliphatic carbocycles. The molecule has 1 aromatic rings. The van der Waals surface area contributed by atoms with Crippen molar-refractivity contribution in [2.24, 2.45) is 0 Å². The van der Waals surface area contributed by atoms with E-state index >= 15 is 0 Å². The van der Waals surface area contributed by atoms with Crippen LogP contribution in [0.2, 0.25) is 0 Å². The number of carbonyl (C=O) groups is 2. The smallest absolute Gasteiger partial charge is 0.328 e. The number of rotatable bonds is 4. The highest BCUT2D eigenvalue weighted by Crippen LogP contribution is 2.28. The quantitative estimate of drug-likeness (QED) is 0.639. The summed E-state index contributed by atoms with van der Waals surface area (Å²) in [5.74, 6) is -1.39. The van der Waals surface area contributed by atoms with E-state index in [4.69, 9.17) is 16.7 Å². The lowest BCUT2D eigenvalue weighted by Gasteiger charge is -2.10. The number of carbonyl (C=O) groups excluding carboxylic acids is 1. The minimum Gasteiger partial charge on any atom is -0.508 e. The average Bonchev–Trinajstić information content (AvgIpc) is 2.25. The SMILES string of the molecule is CC(=O)C(Cl)c1ccc(O)cc1C=CC(=O)O. The van der Waals surface area contributed by atoms with E-state index in [9.17, 15) is 14.7 Å². The third kappa shape index (κ3) is 3.60. The fourth-order valence-corrected chi connectivity index (χ4v) is 1.52. The van der Waals surface area contributed by atoms with Gasteiger partial charge >= 0.3 is 5.97 Å². The van der Waals surface area contributed by atoms with E-state index in [-0.39, 0.29) is 11.5 Å². The third-order valence-electron chi connectivity index (χ3n) is 2.11. The highest BCUT2D eigenvalue weighted by Gasteiger charge is 2.16. The van der Waals surface area contributed by atoms with Crippen LogP contribution in [0, 0.1) is 0 Å². The Morgan fingerprint density at radius 3 is 2.59 bits per heavy atom. The predicted molar refractivity (Wildman–Crippen MR) is 64.1 cm³/mol. The summed E-state index contributed by atoms with van der Waals surface area (Å²) >= 11 is 5.90. The van der Waals surface area contributed by atoms with Crippen LogP contribution in [-0.4, -0.2) is 22.0 Å². The first kappa shape index (κ1) is 13.3. The number of benzene rings is 1. The minimum atomic E-state index is -1.12. The second-order valence-corrected chi connectivity index (χ2v) is 3.89. The zero-order chi connectivity index (χ0) is 13.0. The van der Waals surface area contributed by atoms with Crippen LogP contribution in [0.5, 0.6) is 5.75 Å². The number of aliphatic carboxylic acids is 1. The second kappa shape index (κ2) is 5.50. The zero-order valence-corrected chi connectivity index (χ0v) is 9.81. The zero-order valence-electron chi connectivity index (χ0n) is 9.05. The third-order valence-corrected chi connectivity index (χ3v) is 2.65. The lowest BCUT2D eigenvalue weighted by atomic mass is 10.0. The van der Waals surface area contributed by atoms with Gasteiger partial charge in [-0.05, 0) is 36.3 Å². The van der Waals surface area contributed by atoms with Crippen molar-refractivity contribution in [1.29, 1.82) is 0 Å². The molecule has 0 fully saturated rings. The van der Waals surface area contributed by atoms with Gasteiger partial charge in [-0.25, -0.2) is 4.79 Å². The number of Topliss-reactive ketones (excluding diaryl/α,β-unsaturated/α-hetero) is 1. The van der Waals surface area contributed by atoms with Crippen molar-refractivity contribution in [3.8, 4) is 5.75 Å². The molecular formula is C12H11ClO4. The van der Waals surface area contributed by atoms with Gasteiger partial charge in [0, 0.05) is 6.08 Å². The van der Waals surface area contributed by atoms with E-state index in [0.717, 1.165) is 6.08 Å². The van der Waals surface area contributed by atoms with Crippen LogP contribution in [0.3, 0.4) is 0 Å². The molecule has 90 valence electrons. The van der Waals surface area contributed by atoms with Crippen molar-refractivity contribution in [3.05, 3.63) is 35.4 Å². The number of carboxylic acids is 1. The number of carboxylic acid groups (broad SMARTS) is 1. The number of hydrogen-bond donors (Lipinski definition) is 2. The van der Waals surface area contributed by atoms with E-state index in [1.54, 1.807) is 0 Å². The van der Waals surface area contributed by atoms with Crippen LogP contribution >= 0.6 is 11.6 Å². The first-order chi connectivity index (χ1) is 7.91. The number of phenolic OH excluding ortho intramolecular Hbond substituents is 1. The van der Waals surface area contributed by atoms with E-state index in [2.05, 4.69) is 0 Å². The average molecular weight is 255 g/mol. The Balaban J connectivity index is 3.21. The maximum atomic E-state index is 11.2. The van der Waals surface area contributed by atoms with E-state index in [0.29, 0.717) is 11.1 Å². The molecule has 1 atom stereocenters. The molecular weight excluding hydrogens is 244 g/mol. The second-order valence-electron chi connectivity index (χ2n) is 3.46. The van der Waals surface area contributed by atoms with Crippen LogP contribution in [0.15, 0.2) is 24.3 Å². The van der Waals surface area contributed by atoms with Crippen molar-refractivity contribution in [3.63, 3.8) is 0 Å². The standard InChI is InChI=1S/C12H11ClO4/c1-7(14)12(13)10-4-3-9(15)6-8(10)2-5-11(16)17/h2-6,12,15H,1H3,(H,16,17). The molecule has 0 aromatic heterocycles. The maximum Gasteiger partial charge on any atom is 0.328 e. The van der Waals surface area contributed by atoms with Crippen molar-refractivity contribution in [1.82, 2.24) is 0 Å². The highest BCUT2D eigenvalue weighted by atomic mass is 35.5. The number of halogens is 1. The lowest BCUT2D eigenvalue weighted by Crippen LogP contribution is -2.03. The molecule has 0 spiro atoms. The molecule has 2 N–H and O–H groups in total. The van der Waals surface area contributed by atoms with Crippen LogP contribution in [0.1, 0.15) is 23.4 Å². The molecule has 17 heavy (non-hydrogen) atoms. The largest absolute Gasteiger partial charge is 0.508 e.